The van der Waals surface area contributed by atoms with Crippen molar-refractivity contribution in [1.29, 1.82) is 0 Å². The maximum atomic E-state index is 9.46. The molecule has 0 aromatic carbocycles. The fourth-order valence-electron chi connectivity index (χ4n) is 0.878. The number of aliphatic hydroxyl groups is 1. The number of aliphatic hydroxyl groups excluding tert-OH is 1. The Morgan fingerprint density at radius 1 is 1.67 bits per heavy atom. The van der Waals surface area contributed by atoms with Gasteiger partial charge in [-0.3, -0.25) is 0 Å². The van der Waals surface area contributed by atoms with Crippen molar-refractivity contribution in [2.45, 2.75) is 12.5 Å². The first-order valence-corrected chi connectivity index (χ1v) is 4.02. The van der Waals surface area contributed by atoms with Gasteiger partial charge in [0, 0.05) is 6.20 Å². The summed E-state index contributed by atoms with van der Waals surface area (Å²) in [5.74, 6) is 0. The van der Waals surface area contributed by atoms with E-state index in [1.807, 2.05) is 0 Å². The second kappa shape index (κ2) is 4.24. The van der Waals surface area contributed by atoms with Gasteiger partial charge in [0.1, 0.15) is 5.15 Å². The van der Waals surface area contributed by atoms with Crippen molar-refractivity contribution in [2.24, 2.45) is 0 Å². The van der Waals surface area contributed by atoms with Crippen molar-refractivity contribution >= 4 is 11.6 Å². The van der Waals surface area contributed by atoms with E-state index in [1.165, 1.54) is 0 Å². The van der Waals surface area contributed by atoms with Crippen LogP contribution in [0.1, 0.15) is 18.1 Å². The van der Waals surface area contributed by atoms with Gasteiger partial charge in [-0.15, -0.1) is 6.58 Å². The molecule has 0 saturated carbocycles. The van der Waals surface area contributed by atoms with Crippen LogP contribution in [-0.2, 0) is 0 Å². The molecular weight excluding hydrogens is 174 g/mol. The molecule has 2 nitrogen and oxygen atoms in total. The predicted molar refractivity (Wildman–Crippen MR) is 49.0 cm³/mol. The van der Waals surface area contributed by atoms with Crippen LogP contribution in [0.25, 0.3) is 0 Å². The topological polar surface area (TPSA) is 33.1 Å². The zero-order valence-corrected chi connectivity index (χ0v) is 7.33. The standard InChI is InChI=1S/C9H10ClNO/c1-2-3-8(12)7-4-5-9(10)11-6-7/h2,4-6,8,12H,1,3H2/t8-/m0/s1. The van der Waals surface area contributed by atoms with E-state index in [4.69, 9.17) is 11.6 Å². The first-order valence-electron chi connectivity index (χ1n) is 3.64. The normalized spacial score (nSPS) is 12.5. The number of halogens is 1. The maximum Gasteiger partial charge on any atom is 0.129 e. The number of aromatic nitrogens is 1. The molecule has 0 unspecified atom stereocenters. The van der Waals surface area contributed by atoms with Crippen molar-refractivity contribution in [3.05, 3.63) is 41.7 Å². The molecular formula is C9H10ClNO. The molecule has 1 aromatic heterocycles. The molecule has 0 saturated heterocycles. The van der Waals surface area contributed by atoms with Crippen LogP contribution in [0.15, 0.2) is 31.0 Å². The summed E-state index contributed by atoms with van der Waals surface area (Å²) in [6, 6.07) is 3.41. The lowest BCUT2D eigenvalue weighted by Crippen LogP contribution is -1.95. The summed E-state index contributed by atoms with van der Waals surface area (Å²) in [6.45, 7) is 3.54. The molecule has 0 aliphatic rings. The van der Waals surface area contributed by atoms with Crippen LogP contribution in [0.5, 0.6) is 0 Å². The van der Waals surface area contributed by atoms with Crippen molar-refractivity contribution in [1.82, 2.24) is 4.98 Å². The summed E-state index contributed by atoms with van der Waals surface area (Å²) >= 11 is 5.58. The molecule has 0 spiro atoms. The average Bonchev–Trinajstić information content (AvgIpc) is 2.06. The van der Waals surface area contributed by atoms with E-state index in [0.717, 1.165) is 5.56 Å². The Bertz CT molecular complexity index is 258. The van der Waals surface area contributed by atoms with Gasteiger partial charge in [-0.25, -0.2) is 4.98 Å². The molecule has 12 heavy (non-hydrogen) atoms. The molecule has 0 amide bonds. The molecule has 1 aromatic rings. The number of nitrogens with zero attached hydrogens (tertiary/aromatic N) is 1. The highest BCUT2D eigenvalue weighted by atomic mass is 35.5. The second-order valence-electron chi connectivity index (χ2n) is 2.45. The molecule has 3 heteroatoms. The summed E-state index contributed by atoms with van der Waals surface area (Å²) < 4.78 is 0. The van der Waals surface area contributed by atoms with E-state index in [-0.39, 0.29) is 0 Å². The van der Waals surface area contributed by atoms with Gasteiger partial charge in [0.15, 0.2) is 0 Å². The lowest BCUT2D eigenvalue weighted by Gasteiger charge is -2.06. The van der Waals surface area contributed by atoms with Crippen molar-refractivity contribution in [3.63, 3.8) is 0 Å². The summed E-state index contributed by atoms with van der Waals surface area (Å²) in [4.78, 5) is 3.85. The molecule has 0 fully saturated rings. The van der Waals surface area contributed by atoms with Gasteiger partial charge in [-0.1, -0.05) is 23.7 Å². The zero-order chi connectivity index (χ0) is 8.97. The Labute approximate surface area is 76.5 Å². The molecule has 0 bridgehead atoms. The monoisotopic (exact) mass is 183 g/mol. The molecule has 64 valence electrons. The van der Waals surface area contributed by atoms with E-state index in [1.54, 1.807) is 24.4 Å². The van der Waals surface area contributed by atoms with Gasteiger partial charge >= 0.3 is 0 Å². The van der Waals surface area contributed by atoms with Crippen LogP contribution in [0.4, 0.5) is 0 Å². The predicted octanol–water partition coefficient (Wildman–Crippen LogP) is 2.34. The van der Waals surface area contributed by atoms with E-state index in [2.05, 4.69) is 11.6 Å². The minimum atomic E-state index is -0.521. The summed E-state index contributed by atoms with van der Waals surface area (Å²) in [5, 5.41) is 9.89. The maximum absolute atomic E-state index is 9.46. The molecule has 1 N–H and O–H groups in total. The lowest BCUT2D eigenvalue weighted by atomic mass is 10.1. The van der Waals surface area contributed by atoms with Crippen LogP contribution in [-0.4, -0.2) is 10.1 Å². The highest BCUT2D eigenvalue weighted by molar-refractivity contribution is 6.29. The largest absolute Gasteiger partial charge is 0.388 e. The lowest BCUT2D eigenvalue weighted by molar-refractivity contribution is 0.181. The van der Waals surface area contributed by atoms with Gasteiger partial charge in [0.2, 0.25) is 0 Å². The number of rotatable bonds is 3. The molecule has 0 aliphatic heterocycles. The van der Waals surface area contributed by atoms with Crippen molar-refractivity contribution in [2.75, 3.05) is 0 Å². The van der Waals surface area contributed by atoms with Gasteiger partial charge in [-0.05, 0) is 18.1 Å². The molecule has 1 atom stereocenters. The quantitative estimate of drug-likeness (QED) is 0.577. The molecule has 0 aliphatic carbocycles. The van der Waals surface area contributed by atoms with E-state index in [9.17, 15) is 5.11 Å². The molecule has 0 radical (unpaired) electrons. The summed E-state index contributed by atoms with van der Waals surface area (Å²) in [6.07, 6.45) is 3.24. The fraction of sp³-hybridized carbons (Fsp3) is 0.222. The first kappa shape index (κ1) is 9.23. The minimum Gasteiger partial charge on any atom is -0.388 e. The highest BCUT2D eigenvalue weighted by Gasteiger charge is 2.04. The van der Waals surface area contributed by atoms with E-state index in [0.29, 0.717) is 11.6 Å². The highest BCUT2D eigenvalue weighted by Crippen LogP contribution is 2.16. The minimum absolute atomic E-state index is 0.435. The Morgan fingerprint density at radius 3 is 2.92 bits per heavy atom. The third-order valence-corrected chi connectivity index (χ3v) is 1.75. The third kappa shape index (κ3) is 2.32. The van der Waals surface area contributed by atoms with Crippen LogP contribution in [0, 0.1) is 0 Å². The Morgan fingerprint density at radius 2 is 2.42 bits per heavy atom. The first-order chi connectivity index (χ1) is 5.74. The average molecular weight is 184 g/mol. The number of hydrogen-bond acceptors (Lipinski definition) is 2. The van der Waals surface area contributed by atoms with Gasteiger partial charge in [-0.2, -0.15) is 0 Å². The Kier molecular flexibility index (Phi) is 3.26. The van der Waals surface area contributed by atoms with Crippen LogP contribution in [0.2, 0.25) is 5.15 Å². The molecule has 1 heterocycles. The SMILES string of the molecule is C=CC[C@H](O)c1ccc(Cl)nc1. The fourth-order valence-corrected chi connectivity index (χ4v) is 0.990. The summed E-state index contributed by atoms with van der Waals surface area (Å²) in [7, 11) is 0. The Balaban J connectivity index is 2.74. The van der Waals surface area contributed by atoms with Gasteiger partial charge in [0.05, 0.1) is 6.10 Å². The number of hydrogen-bond donors (Lipinski definition) is 1. The second-order valence-corrected chi connectivity index (χ2v) is 2.84. The van der Waals surface area contributed by atoms with E-state index < -0.39 is 6.10 Å². The van der Waals surface area contributed by atoms with E-state index >= 15 is 0 Å². The third-order valence-electron chi connectivity index (χ3n) is 1.52. The van der Waals surface area contributed by atoms with Crippen LogP contribution >= 0.6 is 11.6 Å². The van der Waals surface area contributed by atoms with Crippen LogP contribution in [0.3, 0.4) is 0 Å². The van der Waals surface area contributed by atoms with Crippen molar-refractivity contribution in [3.8, 4) is 0 Å². The van der Waals surface area contributed by atoms with Gasteiger partial charge < -0.3 is 5.11 Å². The zero-order valence-electron chi connectivity index (χ0n) is 6.57. The smallest absolute Gasteiger partial charge is 0.129 e. The molecule has 1 rings (SSSR count). The van der Waals surface area contributed by atoms with Crippen LogP contribution < -0.4 is 0 Å². The Hall–Kier alpha value is -0.860. The number of pyridine rings is 1. The van der Waals surface area contributed by atoms with Gasteiger partial charge in [0.25, 0.3) is 0 Å². The van der Waals surface area contributed by atoms with Crippen molar-refractivity contribution < 1.29 is 5.11 Å². The summed E-state index contributed by atoms with van der Waals surface area (Å²) in [5.41, 5.74) is 0.763.